The maximum atomic E-state index is 14.8. The molecule has 0 atom stereocenters. The second-order valence-corrected chi connectivity index (χ2v) is 10.0. The van der Waals surface area contributed by atoms with Crippen LogP contribution in [0, 0.1) is 23.0 Å². The molecule has 8 nitrogen and oxygen atoms in total. The van der Waals surface area contributed by atoms with E-state index < -0.39 is 17.7 Å². The van der Waals surface area contributed by atoms with E-state index in [2.05, 4.69) is 5.32 Å². The fourth-order valence-corrected chi connectivity index (χ4v) is 5.30. The van der Waals surface area contributed by atoms with Crippen LogP contribution in [0.4, 0.5) is 13.6 Å². The van der Waals surface area contributed by atoms with Crippen molar-refractivity contribution >= 4 is 6.09 Å². The predicted octanol–water partition coefficient (Wildman–Crippen LogP) is 6.79. The molecule has 1 N–H and O–H groups in total. The summed E-state index contributed by atoms with van der Waals surface area (Å²) < 4.78 is 47.5. The van der Waals surface area contributed by atoms with E-state index in [1.165, 1.54) is 38.5 Å². The minimum Gasteiger partial charge on any atom is -0.494 e. The lowest BCUT2D eigenvalue weighted by Gasteiger charge is -2.29. The van der Waals surface area contributed by atoms with Crippen LogP contribution in [0.5, 0.6) is 11.6 Å². The molecule has 4 aromatic rings. The summed E-state index contributed by atoms with van der Waals surface area (Å²) in [6.45, 7) is 0.194. The molecule has 1 heterocycles. The number of aromatic nitrogens is 2. The van der Waals surface area contributed by atoms with Crippen molar-refractivity contribution in [2.45, 2.75) is 44.4 Å². The molecule has 42 heavy (non-hydrogen) atoms. The first-order valence-corrected chi connectivity index (χ1v) is 13.6. The van der Waals surface area contributed by atoms with E-state index in [0.717, 1.165) is 5.56 Å². The fourth-order valence-electron chi connectivity index (χ4n) is 5.30. The average Bonchev–Trinajstić information content (AvgIpc) is 3.40. The molecule has 0 bridgehead atoms. The molecule has 216 valence electrons. The van der Waals surface area contributed by atoms with Gasteiger partial charge in [0.15, 0.2) is 11.6 Å². The van der Waals surface area contributed by atoms with Gasteiger partial charge in [-0.05, 0) is 61.1 Å². The van der Waals surface area contributed by atoms with Crippen molar-refractivity contribution < 1.29 is 27.8 Å². The molecule has 0 aliphatic heterocycles. The number of nitrogens with one attached hydrogen (secondary N) is 1. The molecule has 1 aliphatic rings. The number of nitrogens with zero attached hydrogens (tertiary/aromatic N) is 3. The van der Waals surface area contributed by atoms with Gasteiger partial charge < -0.3 is 19.5 Å². The van der Waals surface area contributed by atoms with Crippen molar-refractivity contribution in [2.24, 2.45) is 0 Å². The standard InChI is InChI=1S/C32H30F2N4O4/c1-40-28-15-10-21(16-27(28)34)29-30(22-8-9-23(18-35)26(33)17-22)37-38(31(29)41-2)25-13-11-24(12-14-25)36-32(39)42-19-20-6-4-3-5-7-20/h3-10,15-17,24-25H,11-14,19H2,1-2H3,(H,36,39). The zero-order chi connectivity index (χ0) is 29.6. The SMILES string of the molecule is COc1ccc(-c2c(-c3ccc(C#N)c(F)c3)nn(C3CCC(NC(=O)OCc4ccccc4)CC3)c2OC)cc1F. The monoisotopic (exact) mass is 572 g/mol. The van der Waals surface area contributed by atoms with Crippen molar-refractivity contribution in [2.75, 3.05) is 14.2 Å². The Hall–Kier alpha value is -4.91. The Morgan fingerprint density at radius 1 is 0.976 bits per heavy atom. The molecule has 0 spiro atoms. The van der Waals surface area contributed by atoms with Crippen LogP contribution in [0.3, 0.4) is 0 Å². The second-order valence-electron chi connectivity index (χ2n) is 10.0. The van der Waals surface area contributed by atoms with E-state index in [1.54, 1.807) is 16.8 Å². The third kappa shape index (κ3) is 6.05. The molecule has 1 aliphatic carbocycles. The third-order valence-electron chi connectivity index (χ3n) is 7.44. The highest BCUT2D eigenvalue weighted by Gasteiger charge is 2.30. The van der Waals surface area contributed by atoms with Crippen LogP contribution < -0.4 is 14.8 Å². The van der Waals surface area contributed by atoms with Gasteiger partial charge in [-0.2, -0.15) is 10.4 Å². The molecule has 0 unspecified atom stereocenters. The lowest BCUT2D eigenvalue weighted by Crippen LogP contribution is -2.38. The van der Waals surface area contributed by atoms with E-state index in [4.69, 9.17) is 19.3 Å². The van der Waals surface area contributed by atoms with Gasteiger partial charge in [-0.25, -0.2) is 18.3 Å². The van der Waals surface area contributed by atoms with Gasteiger partial charge in [0.05, 0.1) is 31.4 Å². The highest BCUT2D eigenvalue weighted by molar-refractivity contribution is 5.85. The molecule has 3 aromatic carbocycles. The smallest absolute Gasteiger partial charge is 0.407 e. The molecular weight excluding hydrogens is 542 g/mol. The molecule has 10 heteroatoms. The number of carbonyl (C=O) groups excluding carboxylic acids is 1. The summed E-state index contributed by atoms with van der Waals surface area (Å²) in [6, 6.07) is 19.9. The first-order chi connectivity index (χ1) is 20.4. The quantitative estimate of drug-likeness (QED) is 0.250. The first-order valence-electron chi connectivity index (χ1n) is 13.6. The Labute approximate surface area is 242 Å². The number of alkyl carbamates (subject to hydrolysis) is 1. The number of amides is 1. The summed E-state index contributed by atoms with van der Waals surface area (Å²) in [5.41, 5.74) is 2.61. The van der Waals surface area contributed by atoms with E-state index in [9.17, 15) is 18.8 Å². The normalized spacial score (nSPS) is 16.4. The number of carbonyl (C=O) groups is 1. The summed E-state index contributed by atoms with van der Waals surface area (Å²) in [4.78, 5) is 12.4. The van der Waals surface area contributed by atoms with Gasteiger partial charge in [0.2, 0.25) is 5.88 Å². The van der Waals surface area contributed by atoms with Crippen molar-refractivity contribution in [3.8, 4) is 40.1 Å². The largest absolute Gasteiger partial charge is 0.494 e. The number of halogens is 2. The van der Waals surface area contributed by atoms with Gasteiger partial charge in [-0.15, -0.1) is 0 Å². The van der Waals surface area contributed by atoms with Crippen molar-refractivity contribution in [1.82, 2.24) is 15.1 Å². The Balaban J connectivity index is 1.39. The molecule has 1 saturated carbocycles. The van der Waals surface area contributed by atoms with Gasteiger partial charge in [-0.3, -0.25) is 0 Å². The zero-order valence-electron chi connectivity index (χ0n) is 23.3. The van der Waals surface area contributed by atoms with E-state index in [0.29, 0.717) is 53.9 Å². The Kier molecular flexibility index (Phi) is 8.67. The fraction of sp³-hybridized carbons (Fsp3) is 0.281. The lowest BCUT2D eigenvalue weighted by molar-refractivity contribution is 0.130. The number of nitriles is 1. The number of ether oxygens (including phenoxy) is 3. The van der Waals surface area contributed by atoms with Crippen LogP contribution >= 0.6 is 0 Å². The van der Waals surface area contributed by atoms with Crippen molar-refractivity contribution in [3.63, 3.8) is 0 Å². The Morgan fingerprint density at radius 3 is 2.33 bits per heavy atom. The highest BCUT2D eigenvalue weighted by atomic mass is 19.1. The summed E-state index contributed by atoms with van der Waals surface area (Å²) in [6.07, 6.45) is 2.26. The first kappa shape index (κ1) is 28.6. The molecule has 0 saturated heterocycles. The number of hydrogen-bond donors (Lipinski definition) is 1. The third-order valence-corrected chi connectivity index (χ3v) is 7.44. The minimum absolute atomic E-state index is 0.0617. The molecule has 1 amide bonds. The average molecular weight is 573 g/mol. The van der Waals surface area contributed by atoms with Crippen LogP contribution in [0.15, 0.2) is 66.7 Å². The van der Waals surface area contributed by atoms with Crippen LogP contribution in [-0.4, -0.2) is 36.1 Å². The number of methoxy groups -OCH3 is 2. The number of hydrogen-bond acceptors (Lipinski definition) is 6. The predicted molar refractivity (Wildman–Crippen MR) is 152 cm³/mol. The van der Waals surface area contributed by atoms with Crippen LogP contribution in [0.25, 0.3) is 22.4 Å². The van der Waals surface area contributed by atoms with Crippen LogP contribution in [0.2, 0.25) is 0 Å². The van der Waals surface area contributed by atoms with Crippen molar-refractivity contribution in [1.29, 1.82) is 5.26 Å². The summed E-state index contributed by atoms with van der Waals surface area (Å²) >= 11 is 0. The van der Waals surface area contributed by atoms with E-state index in [1.807, 2.05) is 36.4 Å². The maximum Gasteiger partial charge on any atom is 0.407 e. The van der Waals surface area contributed by atoms with Crippen LogP contribution in [-0.2, 0) is 11.3 Å². The summed E-state index contributed by atoms with van der Waals surface area (Å²) in [5.74, 6) is -0.754. The van der Waals surface area contributed by atoms with Gasteiger partial charge in [-0.1, -0.05) is 42.5 Å². The Morgan fingerprint density at radius 2 is 1.69 bits per heavy atom. The van der Waals surface area contributed by atoms with Crippen molar-refractivity contribution in [3.05, 3.63) is 89.5 Å². The zero-order valence-corrected chi connectivity index (χ0v) is 23.3. The highest BCUT2D eigenvalue weighted by Crippen LogP contribution is 2.44. The van der Waals surface area contributed by atoms with Gasteiger partial charge >= 0.3 is 6.09 Å². The molecule has 1 fully saturated rings. The summed E-state index contributed by atoms with van der Waals surface area (Å²) in [5, 5.41) is 17.0. The van der Waals surface area contributed by atoms with E-state index in [-0.39, 0.29) is 30.0 Å². The van der Waals surface area contributed by atoms with E-state index >= 15 is 0 Å². The lowest BCUT2D eigenvalue weighted by atomic mass is 9.91. The summed E-state index contributed by atoms with van der Waals surface area (Å²) in [7, 11) is 2.89. The molecule has 5 rings (SSSR count). The van der Waals surface area contributed by atoms with Gasteiger partial charge in [0, 0.05) is 11.6 Å². The number of benzene rings is 3. The Bertz CT molecular complexity index is 1610. The molecule has 0 radical (unpaired) electrons. The van der Waals surface area contributed by atoms with Gasteiger partial charge in [0.25, 0.3) is 0 Å². The molecular formula is C32H30F2N4O4. The molecule has 1 aromatic heterocycles. The van der Waals surface area contributed by atoms with Crippen LogP contribution in [0.1, 0.15) is 42.9 Å². The maximum absolute atomic E-state index is 14.8. The number of rotatable bonds is 8. The van der Waals surface area contributed by atoms with Gasteiger partial charge in [0.1, 0.15) is 24.2 Å². The topological polar surface area (TPSA) is 98.4 Å². The second kappa shape index (κ2) is 12.7. The minimum atomic E-state index is -0.680.